The minimum atomic E-state index is -1.48. The summed E-state index contributed by atoms with van der Waals surface area (Å²) in [7, 11) is 0. The van der Waals surface area contributed by atoms with Gasteiger partial charge < -0.3 is 20.8 Å². The predicted octanol–water partition coefficient (Wildman–Crippen LogP) is -0.0879. The van der Waals surface area contributed by atoms with E-state index in [0.29, 0.717) is 4.88 Å². The molecule has 0 saturated heterocycles. The van der Waals surface area contributed by atoms with Gasteiger partial charge in [-0.3, -0.25) is 14.4 Å². The van der Waals surface area contributed by atoms with Crippen LogP contribution in [0.1, 0.15) is 22.5 Å². The van der Waals surface area contributed by atoms with Gasteiger partial charge in [-0.15, -0.1) is 11.3 Å². The Bertz CT molecular complexity index is 528. The van der Waals surface area contributed by atoms with Crippen molar-refractivity contribution in [3.8, 4) is 0 Å². The third-order valence-corrected chi connectivity index (χ3v) is 3.26. The normalized spacial score (nSPS) is 11.4. The summed E-state index contributed by atoms with van der Waals surface area (Å²) in [6.45, 7) is 0.0297. The number of rotatable bonds is 8. The van der Waals surface area contributed by atoms with Crippen molar-refractivity contribution in [1.82, 2.24) is 10.6 Å². The Labute approximate surface area is 123 Å². The number of carbonyl (C=O) groups is 4. The van der Waals surface area contributed by atoms with Gasteiger partial charge in [-0.25, -0.2) is 4.79 Å². The van der Waals surface area contributed by atoms with E-state index in [-0.39, 0.29) is 18.9 Å². The highest BCUT2D eigenvalue weighted by Crippen LogP contribution is 2.07. The van der Waals surface area contributed by atoms with Crippen LogP contribution in [0, 0.1) is 0 Å². The van der Waals surface area contributed by atoms with Gasteiger partial charge in [0.2, 0.25) is 5.91 Å². The first-order valence-electron chi connectivity index (χ1n) is 5.96. The third-order valence-electron chi connectivity index (χ3n) is 2.39. The molecule has 21 heavy (non-hydrogen) atoms. The molecule has 8 nitrogen and oxygen atoms in total. The molecular formula is C12H14N2O6S. The van der Waals surface area contributed by atoms with Gasteiger partial charge >= 0.3 is 11.9 Å². The molecule has 1 atom stereocenters. The van der Waals surface area contributed by atoms with Crippen LogP contribution in [0.5, 0.6) is 0 Å². The number of carboxylic acids is 2. The van der Waals surface area contributed by atoms with E-state index in [1.165, 1.54) is 11.3 Å². The van der Waals surface area contributed by atoms with Crippen LogP contribution in [0.2, 0.25) is 0 Å². The van der Waals surface area contributed by atoms with Crippen molar-refractivity contribution in [2.24, 2.45) is 0 Å². The number of thiophene rings is 1. The second-order valence-corrected chi connectivity index (χ2v) is 4.99. The fourth-order valence-corrected chi connectivity index (χ4v) is 2.07. The van der Waals surface area contributed by atoms with Crippen LogP contribution >= 0.6 is 11.3 Å². The molecule has 0 saturated carbocycles. The van der Waals surface area contributed by atoms with E-state index in [2.05, 4.69) is 10.6 Å². The first-order valence-corrected chi connectivity index (χ1v) is 6.83. The summed E-state index contributed by atoms with van der Waals surface area (Å²) in [6, 6.07) is 1.87. The first kappa shape index (κ1) is 16.6. The number of hydrogen-bond donors (Lipinski definition) is 4. The van der Waals surface area contributed by atoms with E-state index in [1.807, 2.05) is 0 Å². The largest absolute Gasteiger partial charge is 0.481 e. The molecule has 0 spiro atoms. The molecule has 0 aliphatic rings. The summed E-state index contributed by atoms with van der Waals surface area (Å²) in [5.41, 5.74) is 0. The van der Waals surface area contributed by atoms with Gasteiger partial charge in [-0.05, 0) is 11.4 Å². The molecule has 114 valence electrons. The molecule has 1 aromatic rings. The summed E-state index contributed by atoms with van der Waals surface area (Å²) in [6.07, 6.45) is -0.844. The Balaban J connectivity index is 2.34. The van der Waals surface area contributed by atoms with Gasteiger partial charge in [-0.1, -0.05) is 6.07 Å². The average Bonchev–Trinajstić information content (AvgIpc) is 2.91. The van der Waals surface area contributed by atoms with Crippen molar-refractivity contribution in [2.45, 2.75) is 18.9 Å². The number of amides is 2. The van der Waals surface area contributed by atoms with E-state index in [0.717, 1.165) is 0 Å². The molecule has 0 bridgehead atoms. The van der Waals surface area contributed by atoms with Gasteiger partial charge in [0.15, 0.2) is 0 Å². The number of hydrogen-bond acceptors (Lipinski definition) is 5. The standard InChI is InChI=1S/C12H14N2O6S/c15-9(14-7(12(19)20)6-10(16)17)3-4-13-11(18)8-2-1-5-21-8/h1-2,5,7H,3-4,6H2,(H,13,18)(H,14,15)(H,16,17)(H,19,20)/t7-/m0/s1. The maximum Gasteiger partial charge on any atom is 0.326 e. The third kappa shape index (κ3) is 6.04. The molecule has 1 rings (SSSR count). The van der Waals surface area contributed by atoms with E-state index in [1.54, 1.807) is 17.5 Å². The highest BCUT2D eigenvalue weighted by atomic mass is 32.1. The number of aliphatic carboxylic acids is 2. The molecule has 1 heterocycles. The zero-order valence-corrected chi connectivity index (χ0v) is 11.7. The van der Waals surface area contributed by atoms with Crippen molar-refractivity contribution >= 4 is 35.1 Å². The van der Waals surface area contributed by atoms with Crippen LogP contribution in [-0.4, -0.2) is 46.6 Å². The number of carbonyl (C=O) groups excluding carboxylic acids is 2. The lowest BCUT2D eigenvalue weighted by Crippen LogP contribution is -2.43. The summed E-state index contributed by atoms with van der Waals surface area (Å²) >= 11 is 1.26. The van der Waals surface area contributed by atoms with Crippen LogP contribution in [-0.2, 0) is 14.4 Å². The molecule has 9 heteroatoms. The lowest BCUT2D eigenvalue weighted by Gasteiger charge is -2.12. The monoisotopic (exact) mass is 314 g/mol. The Hall–Kier alpha value is -2.42. The molecule has 0 aliphatic carbocycles. The summed E-state index contributed by atoms with van der Waals surface area (Å²) in [5, 5.41) is 23.6. The predicted molar refractivity (Wildman–Crippen MR) is 73.1 cm³/mol. The fraction of sp³-hybridized carbons (Fsp3) is 0.333. The molecule has 4 N–H and O–H groups in total. The van der Waals surface area contributed by atoms with Crippen LogP contribution in [0.15, 0.2) is 17.5 Å². The van der Waals surface area contributed by atoms with Gasteiger partial charge in [0.25, 0.3) is 5.91 Å². The maximum absolute atomic E-state index is 11.6. The molecular weight excluding hydrogens is 300 g/mol. The van der Waals surface area contributed by atoms with Gasteiger partial charge in [0.1, 0.15) is 6.04 Å². The minimum absolute atomic E-state index is 0.0297. The van der Waals surface area contributed by atoms with Crippen LogP contribution in [0.3, 0.4) is 0 Å². The average molecular weight is 314 g/mol. The minimum Gasteiger partial charge on any atom is -0.481 e. The quantitative estimate of drug-likeness (QED) is 0.530. The zero-order valence-electron chi connectivity index (χ0n) is 10.9. The van der Waals surface area contributed by atoms with Crippen molar-refractivity contribution < 1.29 is 29.4 Å². The summed E-state index contributed by atoms with van der Waals surface area (Å²) < 4.78 is 0. The highest BCUT2D eigenvalue weighted by Gasteiger charge is 2.22. The van der Waals surface area contributed by atoms with E-state index >= 15 is 0 Å². The molecule has 0 aliphatic heterocycles. The lowest BCUT2D eigenvalue weighted by atomic mass is 10.2. The van der Waals surface area contributed by atoms with Crippen LogP contribution in [0.25, 0.3) is 0 Å². The SMILES string of the molecule is O=C(O)C[C@H](NC(=O)CCNC(=O)c1cccs1)C(=O)O. The highest BCUT2D eigenvalue weighted by molar-refractivity contribution is 7.12. The lowest BCUT2D eigenvalue weighted by molar-refractivity contribution is -0.147. The Morgan fingerprint density at radius 3 is 2.48 bits per heavy atom. The first-order chi connectivity index (χ1) is 9.90. The molecule has 1 aromatic heterocycles. The van der Waals surface area contributed by atoms with Crippen molar-refractivity contribution in [3.63, 3.8) is 0 Å². The molecule has 0 radical (unpaired) electrons. The van der Waals surface area contributed by atoms with Crippen molar-refractivity contribution in [1.29, 1.82) is 0 Å². The van der Waals surface area contributed by atoms with E-state index in [4.69, 9.17) is 10.2 Å². The maximum atomic E-state index is 11.6. The molecule has 2 amide bonds. The topological polar surface area (TPSA) is 133 Å². The van der Waals surface area contributed by atoms with Gasteiger partial charge in [0.05, 0.1) is 11.3 Å². The van der Waals surface area contributed by atoms with Gasteiger partial charge in [-0.2, -0.15) is 0 Å². The van der Waals surface area contributed by atoms with E-state index in [9.17, 15) is 19.2 Å². The Morgan fingerprint density at radius 2 is 1.95 bits per heavy atom. The molecule has 0 fully saturated rings. The zero-order chi connectivity index (χ0) is 15.8. The fourth-order valence-electron chi connectivity index (χ4n) is 1.43. The summed E-state index contributed by atoms with van der Waals surface area (Å²) in [5.74, 6) is -3.71. The van der Waals surface area contributed by atoms with E-state index < -0.39 is 30.3 Å². The Morgan fingerprint density at radius 1 is 1.24 bits per heavy atom. The second kappa shape index (κ2) is 8.00. The summed E-state index contributed by atoms with van der Waals surface area (Å²) in [4.78, 5) is 44.8. The van der Waals surface area contributed by atoms with Crippen LogP contribution < -0.4 is 10.6 Å². The van der Waals surface area contributed by atoms with Crippen LogP contribution in [0.4, 0.5) is 0 Å². The number of nitrogens with one attached hydrogen (secondary N) is 2. The van der Waals surface area contributed by atoms with Crippen molar-refractivity contribution in [3.05, 3.63) is 22.4 Å². The molecule has 0 unspecified atom stereocenters. The smallest absolute Gasteiger partial charge is 0.326 e. The van der Waals surface area contributed by atoms with Crippen molar-refractivity contribution in [2.75, 3.05) is 6.54 Å². The number of carboxylic acid groups (broad SMARTS) is 2. The molecule has 0 aromatic carbocycles. The second-order valence-electron chi connectivity index (χ2n) is 4.04. The van der Waals surface area contributed by atoms with Gasteiger partial charge in [0, 0.05) is 13.0 Å². The Kier molecular flexibility index (Phi) is 6.34.